The molecule has 0 unspecified atom stereocenters. The van der Waals surface area contributed by atoms with Gasteiger partial charge in [0.15, 0.2) is 12.2 Å². The first-order valence-electron chi connectivity index (χ1n) is 9.70. The fourth-order valence-electron chi connectivity index (χ4n) is 3.86. The Morgan fingerprint density at radius 1 is 1.36 bits per heavy atom. The molecular weight excluding hydrogens is 489 g/mol. The molecular formula is C21H17ClFN5O3S2. The predicted octanol–water partition coefficient (Wildman–Crippen LogP) is 4.43. The van der Waals surface area contributed by atoms with Crippen molar-refractivity contribution in [2.24, 2.45) is 0 Å². The lowest BCUT2D eigenvalue weighted by Gasteiger charge is -2.39. The van der Waals surface area contributed by atoms with Gasteiger partial charge in [0.1, 0.15) is 5.82 Å². The largest absolute Gasteiger partial charge is 0.444 e. The van der Waals surface area contributed by atoms with Crippen LogP contribution in [-0.4, -0.2) is 41.5 Å². The summed E-state index contributed by atoms with van der Waals surface area (Å²) in [7, 11) is -2.39. The Kier molecular flexibility index (Phi) is 4.96. The van der Waals surface area contributed by atoms with Crippen LogP contribution in [-0.2, 0) is 15.6 Å². The molecule has 0 bridgehead atoms. The highest BCUT2D eigenvalue weighted by molar-refractivity contribution is 7.89. The van der Waals surface area contributed by atoms with Crippen LogP contribution in [0.3, 0.4) is 0 Å². The smallest absolute Gasteiger partial charge is 0.239 e. The van der Waals surface area contributed by atoms with Gasteiger partial charge in [-0.25, -0.2) is 22.1 Å². The van der Waals surface area contributed by atoms with Gasteiger partial charge in [-0.1, -0.05) is 17.7 Å². The molecule has 5 rings (SSSR count). The average Bonchev–Trinajstić information content (AvgIpc) is 3.41. The summed E-state index contributed by atoms with van der Waals surface area (Å²) in [5.41, 5.74) is 0.0734. The van der Waals surface area contributed by atoms with Gasteiger partial charge in [0.05, 0.1) is 37.8 Å². The first-order chi connectivity index (χ1) is 15.6. The normalized spacial score (nSPS) is 20.2. The molecule has 1 aliphatic heterocycles. The van der Waals surface area contributed by atoms with Gasteiger partial charge in [0.25, 0.3) is 0 Å². The lowest BCUT2D eigenvalue weighted by atomic mass is 10.0. The minimum Gasteiger partial charge on any atom is -0.444 e. The second kappa shape index (κ2) is 7.51. The molecule has 12 heteroatoms. The molecule has 8 nitrogen and oxygen atoms in total. The minimum atomic E-state index is -3.71. The summed E-state index contributed by atoms with van der Waals surface area (Å²) in [5.74, 6) is -0.584. The Balaban J connectivity index is 1.64. The molecule has 33 heavy (non-hydrogen) atoms. The van der Waals surface area contributed by atoms with Crippen molar-refractivity contribution in [3.63, 3.8) is 0 Å². The number of nitrogens with one attached hydrogen (secondary N) is 2. The van der Waals surface area contributed by atoms with Crippen molar-refractivity contribution in [3.05, 3.63) is 58.8 Å². The number of rotatable bonds is 3. The predicted molar refractivity (Wildman–Crippen MR) is 125 cm³/mol. The van der Waals surface area contributed by atoms with Crippen molar-refractivity contribution >= 4 is 49.0 Å². The summed E-state index contributed by atoms with van der Waals surface area (Å²) in [6.07, 6.45) is 4.31. The van der Waals surface area contributed by atoms with Gasteiger partial charge in [0.2, 0.25) is 16.0 Å². The standard InChI is InChI=1S/C21H17ClFN5O3S2/c1-21(9-33(29,30)28(2)20(24)27-21)19-16(22)13-5-6-26-17(18(13)32-19)12-4-3-11(7-14(12)23)15-8-25-10-31-15/h3-8,10H,9H2,1-2H3,(H2,24,27)/t21-/m0/s1. The summed E-state index contributed by atoms with van der Waals surface area (Å²) in [5, 5.41) is 12.0. The molecule has 4 heterocycles. The zero-order valence-electron chi connectivity index (χ0n) is 17.4. The molecule has 0 amide bonds. The van der Waals surface area contributed by atoms with Crippen molar-refractivity contribution in [2.75, 3.05) is 12.8 Å². The van der Waals surface area contributed by atoms with E-state index < -0.39 is 21.4 Å². The number of fused-ring (bicyclic) bond motifs is 1. The van der Waals surface area contributed by atoms with Crippen LogP contribution in [0.25, 0.3) is 32.7 Å². The fraction of sp³-hybridized carbons (Fsp3) is 0.190. The Labute approximate surface area is 197 Å². The lowest BCUT2D eigenvalue weighted by Crippen LogP contribution is -2.60. The molecule has 1 aromatic carbocycles. The number of oxazole rings is 1. The monoisotopic (exact) mass is 505 g/mol. The molecule has 2 N–H and O–H groups in total. The number of guanidine groups is 1. The van der Waals surface area contributed by atoms with E-state index in [0.717, 1.165) is 4.31 Å². The van der Waals surface area contributed by atoms with Crippen LogP contribution < -0.4 is 5.32 Å². The first kappa shape index (κ1) is 21.8. The van der Waals surface area contributed by atoms with Gasteiger partial charge in [-0.05, 0) is 25.1 Å². The molecule has 4 aromatic rings. The van der Waals surface area contributed by atoms with Crippen LogP contribution in [0.5, 0.6) is 0 Å². The van der Waals surface area contributed by atoms with Crippen molar-refractivity contribution in [1.82, 2.24) is 19.6 Å². The maximum Gasteiger partial charge on any atom is 0.239 e. The zero-order valence-corrected chi connectivity index (χ0v) is 19.8. The van der Waals surface area contributed by atoms with Crippen LogP contribution in [0, 0.1) is 11.2 Å². The number of sulfonamides is 1. The number of pyridine rings is 1. The lowest BCUT2D eigenvalue weighted by molar-refractivity contribution is 0.424. The molecule has 0 spiro atoms. The summed E-state index contributed by atoms with van der Waals surface area (Å²) in [6.45, 7) is 1.68. The maximum absolute atomic E-state index is 15.1. The minimum absolute atomic E-state index is 0.246. The molecule has 1 fully saturated rings. The van der Waals surface area contributed by atoms with E-state index in [9.17, 15) is 8.42 Å². The third-order valence-corrected chi connectivity index (χ3v) is 9.52. The van der Waals surface area contributed by atoms with Gasteiger partial charge >= 0.3 is 0 Å². The van der Waals surface area contributed by atoms with Crippen molar-refractivity contribution in [3.8, 4) is 22.6 Å². The number of halogens is 2. The summed E-state index contributed by atoms with van der Waals surface area (Å²) in [6, 6.07) is 6.38. The Hall–Kier alpha value is -3.02. The van der Waals surface area contributed by atoms with E-state index in [4.69, 9.17) is 21.4 Å². The van der Waals surface area contributed by atoms with Crippen molar-refractivity contribution in [1.29, 1.82) is 5.41 Å². The highest BCUT2D eigenvalue weighted by Gasteiger charge is 2.44. The van der Waals surface area contributed by atoms with Gasteiger partial charge < -0.3 is 9.73 Å². The Morgan fingerprint density at radius 3 is 2.82 bits per heavy atom. The van der Waals surface area contributed by atoms with E-state index in [0.29, 0.717) is 37.0 Å². The van der Waals surface area contributed by atoms with Crippen LogP contribution in [0.15, 0.2) is 47.5 Å². The molecule has 0 aliphatic carbocycles. The molecule has 1 saturated heterocycles. The number of hydrogen-bond acceptors (Lipinski definition) is 7. The number of thiophene rings is 1. The highest BCUT2D eigenvalue weighted by Crippen LogP contribution is 2.46. The van der Waals surface area contributed by atoms with Gasteiger partial charge in [-0.15, -0.1) is 11.3 Å². The number of hydrogen-bond donors (Lipinski definition) is 2. The van der Waals surface area contributed by atoms with Crippen LogP contribution >= 0.6 is 22.9 Å². The number of nitrogens with zero attached hydrogens (tertiary/aromatic N) is 3. The van der Waals surface area contributed by atoms with Crippen molar-refractivity contribution < 1.29 is 17.2 Å². The van der Waals surface area contributed by atoms with Crippen LogP contribution in [0.4, 0.5) is 4.39 Å². The van der Waals surface area contributed by atoms with E-state index in [1.165, 1.54) is 43.2 Å². The van der Waals surface area contributed by atoms with Gasteiger partial charge in [-0.3, -0.25) is 10.4 Å². The Bertz CT molecular complexity index is 1520. The molecule has 1 atom stereocenters. The molecule has 3 aromatic heterocycles. The molecule has 0 saturated carbocycles. The van der Waals surface area contributed by atoms with E-state index in [1.54, 1.807) is 25.1 Å². The summed E-state index contributed by atoms with van der Waals surface area (Å²) >= 11 is 7.93. The van der Waals surface area contributed by atoms with E-state index in [2.05, 4.69) is 15.3 Å². The average molecular weight is 506 g/mol. The van der Waals surface area contributed by atoms with E-state index in [-0.39, 0.29) is 17.3 Å². The van der Waals surface area contributed by atoms with Gasteiger partial charge in [0, 0.05) is 29.8 Å². The topological polar surface area (TPSA) is 112 Å². The number of benzene rings is 1. The third kappa shape index (κ3) is 3.47. The third-order valence-electron chi connectivity index (χ3n) is 5.58. The zero-order chi connectivity index (χ0) is 23.5. The van der Waals surface area contributed by atoms with Crippen LogP contribution in [0.1, 0.15) is 11.8 Å². The Morgan fingerprint density at radius 2 is 2.15 bits per heavy atom. The SMILES string of the molecule is CN1C(=N)N[C@](C)(c2sc3c(-c4ccc(-c5cnco5)cc4F)nccc3c2Cl)CS1(=O)=O. The summed E-state index contributed by atoms with van der Waals surface area (Å²) < 4.78 is 47.1. The maximum atomic E-state index is 15.1. The highest BCUT2D eigenvalue weighted by atomic mass is 35.5. The molecule has 170 valence electrons. The quantitative estimate of drug-likeness (QED) is 0.426. The van der Waals surface area contributed by atoms with E-state index >= 15 is 4.39 Å². The summed E-state index contributed by atoms with van der Waals surface area (Å²) in [4.78, 5) is 8.78. The molecule has 0 radical (unpaired) electrons. The van der Waals surface area contributed by atoms with Gasteiger partial charge in [-0.2, -0.15) is 0 Å². The number of aromatic nitrogens is 2. The van der Waals surface area contributed by atoms with Crippen LogP contribution in [0.2, 0.25) is 5.02 Å². The second-order valence-corrected chi connectivity index (χ2v) is 11.3. The fourth-order valence-corrected chi connectivity index (χ4v) is 7.24. The van der Waals surface area contributed by atoms with E-state index in [1.807, 2.05) is 0 Å². The molecule has 1 aliphatic rings. The van der Waals surface area contributed by atoms with Crippen molar-refractivity contribution in [2.45, 2.75) is 12.5 Å². The second-order valence-electron chi connectivity index (χ2n) is 7.87. The first-order valence-corrected chi connectivity index (χ1v) is 12.5.